The van der Waals surface area contributed by atoms with E-state index < -0.39 is 0 Å². The summed E-state index contributed by atoms with van der Waals surface area (Å²) in [5, 5.41) is 3.54. The summed E-state index contributed by atoms with van der Waals surface area (Å²) in [5.41, 5.74) is 0. The minimum absolute atomic E-state index is 0.555. The van der Waals surface area contributed by atoms with Gasteiger partial charge in [0.05, 0.1) is 12.7 Å². The third-order valence-corrected chi connectivity index (χ3v) is 3.59. The summed E-state index contributed by atoms with van der Waals surface area (Å²) < 4.78 is 11.1. The second-order valence-corrected chi connectivity index (χ2v) is 5.06. The highest BCUT2D eigenvalue weighted by molar-refractivity contribution is 4.68. The zero-order chi connectivity index (χ0) is 11.1. The Balaban J connectivity index is 1.42. The molecule has 3 nitrogen and oxygen atoms in total. The van der Waals surface area contributed by atoms with Crippen LogP contribution in [0.5, 0.6) is 0 Å². The van der Waals surface area contributed by atoms with E-state index in [9.17, 15) is 0 Å². The van der Waals surface area contributed by atoms with Gasteiger partial charge in [-0.2, -0.15) is 0 Å². The Morgan fingerprint density at radius 3 is 2.81 bits per heavy atom. The van der Waals surface area contributed by atoms with Crippen molar-refractivity contribution in [2.75, 3.05) is 32.9 Å². The molecule has 0 aromatic carbocycles. The van der Waals surface area contributed by atoms with Crippen LogP contribution in [0.4, 0.5) is 0 Å². The molecule has 94 valence electrons. The highest BCUT2D eigenvalue weighted by Crippen LogP contribution is 2.16. The van der Waals surface area contributed by atoms with Gasteiger partial charge in [0.15, 0.2) is 0 Å². The minimum atomic E-state index is 0.555. The SMILES string of the molecule is C1COCC(CNCCCC2CCCO2)C1. The molecular formula is C13H25NO2. The van der Waals surface area contributed by atoms with Crippen LogP contribution in [0.15, 0.2) is 0 Å². The Kier molecular flexibility index (Phi) is 5.59. The normalized spacial score (nSPS) is 30.8. The lowest BCUT2D eigenvalue weighted by atomic mass is 10.0. The van der Waals surface area contributed by atoms with E-state index in [2.05, 4.69) is 5.32 Å². The van der Waals surface area contributed by atoms with E-state index in [4.69, 9.17) is 9.47 Å². The lowest BCUT2D eigenvalue weighted by Crippen LogP contribution is -2.30. The van der Waals surface area contributed by atoms with Crippen molar-refractivity contribution < 1.29 is 9.47 Å². The van der Waals surface area contributed by atoms with Gasteiger partial charge in [-0.3, -0.25) is 0 Å². The summed E-state index contributed by atoms with van der Waals surface area (Å²) in [6, 6.07) is 0. The topological polar surface area (TPSA) is 30.5 Å². The second kappa shape index (κ2) is 7.25. The van der Waals surface area contributed by atoms with Crippen molar-refractivity contribution in [2.24, 2.45) is 5.92 Å². The zero-order valence-corrected chi connectivity index (χ0v) is 10.2. The quantitative estimate of drug-likeness (QED) is 0.704. The van der Waals surface area contributed by atoms with Crippen LogP contribution in [0.25, 0.3) is 0 Å². The number of hydrogen-bond acceptors (Lipinski definition) is 3. The van der Waals surface area contributed by atoms with E-state index >= 15 is 0 Å². The zero-order valence-electron chi connectivity index (χ0n) is 10.2. The van der Waals surface area contributed by atoms with Crippen molar-refractivity contribution in [1.82, 2.24) is 5.32 Å². The van der Waals surface area contributed by atoms with E-state index in [1.54, 1.807) is 0 Å². The first-order chi connectivity index (χ1) is 7.95. The van der Waals surface area contributed by atoms with Crippen LogP contribution < -0.4 is 5.32 Å². The van der Waals surface area contributed by atoms with Crippen LogP contribution in [0.3, 0.4) is 0 Å². The molecule has 0 aromatic rings. The lowest BCUT2D eigenvalue weighted by Gasteiger charge is -2.22. The van der Waals surface area contributed by atoms with Crippen LogP contribution in [0.2, 0.25) is 0 Å². The van der Waals surface area contributed by atoms with Gasteiger partial charge in [0.1, 0.15) is 0 Å². The van der Waals surface area contributed by atoms with Crippen molar-refractivity contribution in [2.45, 2.75) is 44.6 Å². The fourth-order valence-corrected chi connectivity index (χ4v) is 2.60. The molecular weight excluding hydrogens is 202 g/mol. The Morgan fingerprint density at radius 1 is 1.12 bits per heavy atom. The predicted octanol–water partition coefficient (Wildman–Crippen LogP) is 1.96. The molecule has 2 fully saturated rings. The van der Waals surface area contributed by atoms with Gasteiger partial charge in [-0.1, -0.05) is 0 Å². The van der Waals surface area contributed by atoms with Gasteiger partial charge in [-0.25, -0.2) is 0 Å². The fourth-order valence-electron chi connectivity index (χ4n) is 2.60. The van der Waals surface area contributed by atoms with Gasteiger partial charge < -0.3 is 14.8 Å². The van der Waals surface area contributed by atoms with Gasteiger partial charge in [0.2, 0.25) is 0 Å². The second-order valence-electron chi connectivity index (χ2n) is 5.06. The van der Waals surface area contributed by atoms with E-state index in [-0.39, 0.29) is 0 Å². The molecule has 3 heteroatoms. The minimum Gasteiger partial charge on any atom is -0.381 e. The summed E-state index contributed by atoms with van der Waals surface area (Å²) >= 11 is 0. The molecule has 2 atom stereocenters. The highest BCUT2D eigenvalue weighted by Gasteiger charge is 2.15. The van der Waals surface area contributed by atoms with Crippen molar-refractivity contribution in [3.05, 3.63) is 0 Å². The van der Waals surface area contributed by atoms with Crippen LogP contribution >= 0.6 is 0 Å². The Hall–Kier alpha value is -0.120. The molecule has 2 saturated heterocycles. The molecule has 16 heavy (non-hydrogen) atoms. The van der Waals surface area contributed by atoms with Crippen LogP contribution in [0, 0.1) is 5.92 Å². The summed E-state index contributed by atoms with van der Waals surface area (Å²) in [6.45, 7) is 5.17. The molecule has 2 unspecified atom stereocenters. The summed E-state index contributed by atoms with van der Waals surface area (Å²) in [6.07, 6.45) is 8.14. The van der Waals surface area contributed by atoms with Gasteiger partial charge in [0.25, 0.3) is 0 Å². The summed E-state index contributed by atoms with van der Waals surface area (Å²) in [4.78, 5) is 0. The number of rotatable bonds is 6. The maximum Gasteiger partial charge on any atom is 0.0576 e. The third kappa shape index (κ3) is 4.40. The molecule has 0 bridgehead atoms. The maximum atomic E-state index is 5.60. The number of hydrogen-bond donors (Lipinski definition) is 1. The molecule has 0 radical (unpaired) electrons. The van der Waals surface area contributed by atoms with Crippen molar-refractivity contribution in [3.8, 4) is 0 Å². The molecule has 0 aliphatic carbocycles. The molecule has 1 N–H and O–H groups in total. The molecule has 0 aromatic heterocycles. The van der Waals surface area contributed by atoms with E-state index in [0.717, 1.165) is 38.8 Å². The predicted molar refractivity (Wildman–Crippen MR) is 64.6 cm³/mol. The largest absolute Gasteiger partial charge is 0.381 e. The Morgan fingerprint density at radius 2 is 2.06 bits per heavy atom. The van der Waals surface area contributed by atoms with E-state index in [0.29, 0.717) is 6.10 Å². The molecule has 0 saturated carbocycles. The van der Waals surface area contributed by atoms with E-state index in [1.807, 2.05) is 0 Å². The molecule has 0 amide bonds. The molecule has 2 rings (SSSR count). The highest BCUT2D eigenvalue weighted by atomic mass is 16.5. The average molecular weight is 227 g/mol. The van der Waals surface area contributed by atoms with Gasteiger partial charge in [0, 0.05) is 19.8 Å². The number of nitrogens with one attached hydrogen (secondary N) is 1. The standard InChI is InChI=1S/C13H25NO2/c1(5-13-6-3-9-16-13)7-14-10-12-4-2-8-15-11-12/h12-14H,1-11H2. The average Bonchev–Trinajstić information content (AvgIpc) is 2.83. The Labute approximate surface area is 98.9 Å². The molecule has 2 aliphatic rings. The van der Waals surface area contributed by atoms with Gasteiger partial charge in [-0.15, -0.1) is 0 Å². The van der Waals surface area contributed by atoms with Crippen LogP contribution in [0.1, 0.15) is 38.5 Å². The summed E-state index contributed by atoms with van der Waals surface area (Å²) in [7, 11) is 0. The van der Waals surface area contributed by atoms with Crippen LogP contribution in [-0.4, -0.2) is 39.0 Å². The van der Waals surface area contributed by atoms with Crippen molar-refractivity contribution >= 4 is 0 Å². The monoisotopic (exact) mass is 227 g/mol. The van der Waals surface area contributed by atoms with Gasteiger partial charge in [-0.05, 0) is 51.0 Å². The smallest absolute Gasteiger partial charge is 0.0576 e. The maximum absolute atomic E-state index is 5.60. The molecule has 0 spiro atoms. The fraction of sp³-hybridized carbons (Fsp3) is 1.00. The first kappa shape index (κ1) is 12.3. The van der Waals surface area contributed by atoms with Crippen molar-refractivity contribution in [1.29, 1.82) is 0 Å². The summed E-state index contributed by atoms with van der Waals surface area (Å²) in [5.74, 6) is 0.747. The first-order valence-electron chi connectivity index (χ1n) is 6.85. The van der Waals surface area contributed by atoms with Crippen molar-refractivity contribution in [3.63, 3.8) is 0 Å². The Bertz CT molecular complexity index is 175. The first-order valence-corrected chi connectivity index (χ1v) is 6.85. The third-order valence-electron chi connectivity index (χ3n) is 3.59. The van der Waals surface area contributed by atoms with Crippen LogP contribution in [-0.2, 0) is 9.47 Å². The lowest BCUT2D eigenvalue weighted by molar-refractivity contribution is 0.0546. The molecule has 2 aliphatic heterocycles. The molecule has 2 heterocycles. The van der Waals surface area contributed by atoms with E-state index in [1.165, 1.54) is 38.5 Å². The number of ether oxygens (including phenoxy) is 2. The van der Waals surface area contributed by atoms with Gasteiger partial charge >= 0.3 is 0 Å².